The quantitative estimate of drug-likeness (QED) is 0.895. The molecule has 0 radical (unpaired) electrons. The minimum absolute atomic E-state index is 0.383. The molecule has 2 N–H and O–H groups in total. The van der Waals surface area contributed by atoms with Crippen molar-refractivity contribution < 1.29 is 13.2 Å². The number of nitrogens with one attached hydrogen (secondary N) is 2. The normalized spacial score (nSPS) is 11.8. The molecule has 0 saturated heterocycles. The Bertz CT molecular complexity index is 546. The lowest BCUT2D eigenvalue weighted by atomic mass is 10.1. The van der Waals surface area contributed by atoms with E-state index in [1.165, 1.54) is 6.07 Å². The number of hydrogen-bond donors (Lipinski definition) is 2. The number of hydrogen-bond acceptors (Lipinski definition) is 2. The first-order valence-corrected chi connectivity index (χ1v) is 5.82. The van der Waals surface area contributed by atoms with Crippen LogP contribution in [0.3, 0.4) is 0 Å². The topological polar surface area (TPSA) is 40.7 Å². The van der Waals surface area contributed by atoms with Crippen molar-refractivity contribution in [2.75, 3.05) is 0 Å². The smallest absolute Gasteiger partial charge is 0.308 e. The van der Waals surface area contributed by atoms with Crippen LogP contribution in [-0.4, -0.2) is 10.2 Å². The Morgan fingerprint density at radius 1 is 1.26 bits per heavy atom. The van der Waals surface area contributed by atoms with Crippen molar-refractivity contribution in [3.63, 3.8) is 0 Å². The van der Waals surface area contributed by atoms with Gasteiger partial charge in [-0.05, 0) is 18.6 Å². The number of benzene rings is 1. The Balaban J connectivity index is 1.95. The van der Waals surface area contributed by atoms with E-state index in [2.05, 4.69) is 15.5 Å². The van der Waals surface area contributed by atoms with Crippen LogP contribution in [0, 0.1) is 6.92 Å². The molecule has 2 aromatic rings. The zero-order chi connectivity index (χ0) is 13.9. The van der Waals surface area contributed by atoms with Gasteiger partial charge in [0.05, 0.1) is 11.8 Å². The van der Waals surface area contributed by atoms with Gasteiger partial charge in [-0.2, -0.15) is 18.3 Å². The number of nitrogens with zero attached hydrogens (tertiary/aromatic N) is 1. The maximum absolute atomic E-state index is 12.5. The predicted molar refractivity (Wildman–Crippen MR) is 65.3 cm³/mol. The lowest BCUT2D eigenvalue weighted by Gasteiger charge is -2.09. The SMILES string of the molecule is Cc1[nH]ncc1CNCc1cccc(C(F)(F)F)c1. The molecule has 0 spiro atoms. The Morgan fingerprint density at radius 3 is 2.68 bits per heavy atom. The summed E-state index contributed by atoms with van der Waals surface area (Å²) in [6.07, 6.45) is -2.59. The molecule has 0 amide bonds. The third-order valence-electron chi connectivity index (χ3n) is 2.83. The van der Waals surface area contributed by atoms with Gasteiger partial charge in [-0.1, -0.05) is 18.2 Å². The van der Waals surface area contributed by atoms with Crippen LogP contribution < -0.4 is 5.32 Å². The third kappa shape index (κ3) is 3.57. The van der Waals surface area contributed by atoms with Crippen LogP contribution >= 0.6 is 0 Å². The molecule has 0 saturated carbocycles. The second kappa shape index (κ2) is 5.44. The Kier molecular flexibility index (Phi) is 3.90. The van der Waals surface area contributed by atoms with Crippen LogP contribution in [0.25, 0.3) is 0 Å². The van der Waals surface area contributed by atoms with Gasteiger partial charge in [0.15, 0.2) is 0 Å². The van der Waals surface area contributed by atoms with Crippen molar-refractivity contribution >= 4 is 0 Å². The summed E-state index contributed by atoms with van der Waals surface area (Å²) < 4.78 is 37.6. The van der Waals surface area contributed by atoms with Crippen LogP contribution in [-0.2, 0) is 19.3 Å². The fraction of sp³-hybridized carbons (Fsp3) is 0.308. The lowest BCUT2D eigenvalue weighted by molar-refractivity contribution is -0.137. The first-order chi connectivity index (χ1) is 8.97. The first-order valence-electron chi connectivity index (χ1n) is 5.82. The standard InChI is InChI=1S/C13H14F3N3/c1-9-11(8-18-19-9)7-17-6-10-3-2-4-12(5-10)13(14,15)16/h2-5,8,17H,6-7H2,1H3,(H,18,19). The second-order valence-corrected chi connectivity index (χ2v) is 4.32. The molecule has 1 heterocycles. The summed E-state index contributed by atoms with van der Waals surface area (Å²) >= 11 is 0. The fourth-order valence-electron chi connectivity index (χ4n) is 1.75. The number of alkyl halides is 3. The minimum atomic E-state index is -4.29. The molecule has 0 aliphatic rings. The molecule has 0 atom stereocenters. The summed E-state index contributed by atoms with van der Waals surface area (Å²) in [5.41, 5.74) is 1.95. The van der Waals surface area contributed by atoms with Gasteiger partial charge in [-0.15, -0.1) is 0 Å². The average molecular weight is 269 g/mol. The van der Waals surface area contributed by atoms with Crippen LogP contribution in [0.15, 0.2) is 30.5 Å². The highest BCUT2D eigenvalue weighted by molar-refractivity contribution is 5.25. The van der Waals surface area contributed by atoms with E-state index in [9.17, 15) is 13.2 Å². The molecule has 6 heteroatoms. The molecule has 0 aliphatic heterocycles. The molecule has 0 aliphatic carbocycles. The highest BCUT2D eigenvalue weighted by Gasteiger charge is 2.30. The molecule has 1 aromatic heterocycles. The van der Waals surface area contributed by atoms with Crippen LogP contribution in [0.2, 0.25) is 0 Å². The summed E-state index contributed by atoms with van der Waals surface area (Å²) in [5.74, 6) is 0. The van der Waals surface area contributed by atoms with Gasteiger partial charge < -0.3 is 5.32 Å². The van der Waals surface area contributed by atoms with Gasteiger partial charge in [0, 0.05) is 24.3 Å². The van der Waals surface area contributed by atoms with Crippen LogP contribution in [0.5, 0.6) is 0 Å². The van der Waals surface area contributed by atoms with Gasteiger partial charge >= 0.3 is 6.18 Å². The molecule has 1 aromatic carbocycles. The fourth-order valence-corrected chi connectivity index (χ4v) is 1.75. The zero-order valence-electron chi connectivity index (χ0n) is 10.4. The molecule has 0 unspecified atom stereocenters. The molecule has 102 valence electrons. The number of rotatable bonds is 4. The second-order valence-electron chi connectivity index (χ2n) is 4.32. The summed E-state index contributed by atoms with van der Waals surface area (Å²) in [7, 11) is 0. The lowest BCUT2D eigenvalue weighted by Crippen LogP contribution is -2.14. The number of halogens is 3. The average Bonchev–Trinajstić information content (AvgIpc) is 2.75. The summed E-state index contributed by atoms with van der Waals surface area (Å²) in [6.45, 7) is 2.85. The summed E-state index contributed by atoms with van der Waals surface area (Å²) in [5, 5.41) is 9.78. The van der Waals surface area contributed by atoms with Gasteiger partial charge in [0.1, 0.15) is 0 Å². The van der Waals surface area contributed by atoms with Gasteiger partial charge in [0.25, 0.3) is 0 Å². The Morgan fingerprint density at radius 2 is 2.05 bits per heavy atom. The number of aryl methyl sites for hydroxylation is 1. The molecule has 0 bridgehead atoms. The van der Waals surface area contributed by atoms with Crippen LogP contribution in [0.1, 0.15) is 22.4 Å². The molecular weight excluding hydrogens is 255 g/mol. The highest BCUT2D eigenvalue weighted by atomic mass is 19.4. The van der Waals surface area contributed by atoms with Gasteiger partial charge in [-0.25, -0.2) is 0 Å². The van der Waals surface area contributed by atoms with E-state index in [0.717, 1.165) is 23.4 Å². The van der Waals surface area contributed by atoms with E-state index in [4.69, 9.17) is 0 Å². The minimum Gasteiger partial charge on any atom is -0.308 e. The molecule has 0 fully saturated rings. The largest absolute Gasteiger partial charge is 0.416 e. The predicted octanol–water partition coefficient (Wildman–Crippen LogP) is 3.03. The van der Waals surface area contributed by atoms with E-state index in [1.807, 2.05) is 6.92 Å². The number of aromatic nitrogens is 2. The summed E-state index contributed by atoms with van der Waals surface area (Å²) in [4.78, 5) is 0. The maximum atomic E-state index is 12.5. The van der Waals surface area contributed by atoms with Crippen LogP contribution in [0.4, 0.5) is 13.2 Å². The van der Waals surface area contributed by atoms with E-state index < -0.39 is 11.7 Å². The Hall–Kier alpha value is -1.82. The highest BCUT2D eigenvalue weighted by Crippen LogP contribution is 2.29. The monoisotopic (exact) mass is 269 g/mol. The van der Waals surface area contributed by atoms with Gasteiger partial charge in [-0.3, -0.25) is 5.10 Å². The van der Waals surface area contributed by atoms with Crippen molar-refractivity contribution in [3.05, 3.63) is 52.8 Å². The van der Waals surface area contributed by atoms with Crippen molar-refractivity contribution in [1.82, 2.24) is 15.5 Å². The maximum Gasteiger partial charge on any atom is 0.416 e. The zero-order valence-corrected chi connectivity index (χ0v) is 10.4. The molecule has 2 rings (SSSR count). The third-order valence-corrected chi connectivity index (χ3v) is 2.83. The number of aromatic amines is 1. The van der Waals surface area contributed by atoms with Gasteiger partial charge in [0.2, 0.25) is 0 Å². The molecule has 3 nitrogen and oxygen atoms in total. The van der Waals surface area contributed by atoms with Crippen molar-refractivity contribution in [2.24, 2.45) is 0 Å². The first kappa shape index (κ1) is 13.6. The number of H-pyrrole nitrogens is 1. The Labute approximate surface area is 108 Å². The van der Waals surface area contributed by atoms with E-state index in [1.54, 1.807) is 12.3 Å². The van der Waals surface area contributed by atoms with Crippen molar-refractivity contribution in [2.45, 2.75) is 26.2 Å². The van der Waals surface area contributed by atoms with E-state index in [0.29, 0.717) is 18.7 Å². The van der Waals surface area contributed by atoms with Crippen molar-refractivity contribution in [3.8, 4) is 0 Å². The molecule has 19 heavy (non-hydrogen) atoms. The molecular formula is C13H14F3N3. The van der Waals surface area contributed by atoms with E-state index >= 15 is 0 Å². The van der Waals surface area contributed by atoms with E-state index in [-0.39, 0.29) is 0 Å². The van der Waals surface area contributed by atoms with Crippen molar-refractivity contribution in [1.29, 1.82) is 0 Å². The summed E-state index contributed by atoms with van der Waals surface area (Å²) in [6, 6.07) is 5.33.